The van der Waals surface area contributed by atoms with E-state index in [1.54, 1.807) is 0 Å². The molecule has 0 rings (SSSR count). The summed E-state index contributed by atoms with van der Waals surface area (Å²) in [6, 6.07) is 2.63. The van der Waals surface area contributed by atoms with Crippen LogP contribution in [-0.4, -0.2) is 18.1 Å². The zero-order valence-electron chi connectivity index (χ0n) is 12.0. The van der Waals surface area contributed by atoms with Crippen LogP contribution in [0, 0.1) is 10.8 Å². The van der Waals surface area contributed by atoms with E-state index in [4.69, 9.17) is 4.12 Å². The maximum Gasteiger partial charge on any atom is 0.163 e. The fourth-order valence-electron chi connectivity index (χ4n) is 1.92. The maximum atomic E-state index is 6.28. The molecule has 0 fully saturated rings. The van der Waals surface area contributed by atoms with Gasteiger partial charge in [0.15, 0.2) is 18.1 Å². The summed E-state index contributed by atoms with van der Waals surface area (Å²) in [5.41, 5.74) is 0.872. The summed E-state index contributed by atoms with van der Waals surface area (Å²) in [5, 5.41) is 0. The summed E-state index contributed by atoms with van der Waals surface area (Å²) >= 11 is 0. The van der Waals surface area contributed by atoms with Crippen molar-refractivity contribution in [3.63, 3.8) is 0 Å². The standard InChI is InChI=1S/C12H30OSi2/c1-11(2,3)9-15(13-14(7)8)10-12(4,5)6/h14-15H,9-10H2,1-8H3. The third kappa shape index (κ3) is 10.7. The molecule has 15 heavy (non-hydrogen) atoms. The molecule has 0 amide bonds. The second-order valence-corrected chi connectivity index (χ2v) is 12.6. The lowest BCUT2D eigenvalue weighted by atomic mass is 10.00. The molecule has 0 aliphatic rings. The molecule has 0 aromatic rings. The van der Waals surface area contributed by atoms with Gasteiger partial charge in [0.2, 0.25) is 0 Å². The summed E-state index contributed by atoms with van der Waals surface area (Å²) in [5.74, 6) is 0. The predicted molar refractivity (Wildman–Crippen MR) is 75.6 cm³/mol. The van der Waals surface area contributed by atoms with Crippen LogP contribution in [0.25, 0.3) is 0 Å². The molecule has 0 aliphatic carbocycles. The van der Waals surface area contributed by atoms with E-state index in [1.807, 2.05) is 0 Å². The van der Waals surface area contributed by atoms with Crippen molar-refractivity contribution in [2.75, 3.05) is 0 Å². The van der Waals surface area contributed by atoms with E-state index in [-0.39, 0.29) is 0 Å². The highest BCUT2D eigenvalue weighted by atomic mass is 28.4. The molecule has 0 saturated heterocycles. The molecule has 0 aliphatic heterocycles. The molecule has 0 N–H and O–H groups in total. The van der Waals surface area contributed by atoms with Gasteiger partial charge in [-0.25, -0.2) is 0 Å². The second-order valence-electron chi connectivity index (χ2n) is 7.34. The zero-order chi connectivity index (χ0) is 12.3. The zero-order valence-corrected chi connectivity index (χ0v) is 14.3. The monoisotopic (exact) mass is 246 g/mol. The van der Waals surface area contributed by atoms with E-state index in [1.165, 1.54) is 12.1 Å². The smallest absolute Gasteiger partial charge is 0.163 e. The van der Waals surface area contributed by atoms with Gasteiger partial charge >= 0.3 is 0 Å². The molecule has 92 valence electrons. The lowest BCUT2D eigenvalue weighted by Crippen LogP contribution is -2.32. The highest BCUT2D eigenvalue weighted by Gasteiger charge is 2.26. The van der Waals surface area contributed by atoms with Crippen molar-refractivity contribution < 1.29 is 4.12 Å². The van der Waals surface area contributed by atoms with Crippen LogP contribution in [0.4, 0.5) is 0 Å². The Kier molecular flexibility index (Phi) is 5.79. The van der Waals surface area contributed by atoms with Crippen LogP contribution in [0.15, 0.2) is 0 Å². The molecule has 0 unspecified atom stereocenters. The van der Waals surface area contributed by atoms with Crippen molar-refractivity contribution in [2.24, 2.45) is 10.8 Å². The summed E-state index contributed by atoms with van der Waals surface area (Å²) in [6.07, 6.45) is 0. The first-order valence-corrected chi connectivity index (χ1v) is 11.0. The van der Waals surface area contributed by atoms with Crippen LogP contribution in [-0.2, 0) is 4.12 Å². The van der Waals surface area contributed by atoms with Gasteiger partial charge in [0, 0.05) is 0 Å². The van der Waals surface area contributed by atoms with Gasteiger partial charge in [0.05, 0.1) is 0 Å². The van der Waals surface area contributed by atoms with Crippen LogP contribution in [0.2, 0.25) is 25.2 Å². The molecule has 3 heteroatoms. The lowest BCUT2D eigenvalue weighted by molar-refractivity contribution is 0.405. The van der Waals surface area contributed by atoms with E-state index in [0.29, 0.717) is 10.8 Å². The molecule has 0 atom stereocenters. The summed E-state index contributed by atoms with van der Waals surface area (Å²) in [7, 11) is -1.83. The van der Waals surface area contributed by atoms with E-state index in [9.17, 15) is 0 Å². The molecule has 0 heterocycles. The minimum Gasteiger partial charge on any atom is -0.460 e. The Morgan fingerprint density at radius 3 is 1.33 bits per heavy atom. The summed E-state index contributed by atoms with van der Waals surface area (Å²) < 4.78 is 6.28. The molecular weight excluding hydrogens is 216 g/mol. The van der Waals surface area contributed by atoms with Crippen LogP contribution in [0.1, 0.15) is 41.5 Å². The van der Waals surface area contributed by atoms with Crippen molar-refractivity contribution in [1.29, 1.82) is 0 Å². The number of hydrogen-bond donors (Lipinski definition) is 0. The highest BCUT2D eigenvalue weighted by molar-refractivity contribution is 6.64. The van der Waals surface area contributed by atoms with E-state index in [0.717, 1.165) is 0 Å². The average molecular weight is 247 g/mol. The number of rotatable bonds is 4. The molecule has 0 radical (unpaired) electrons. The van der Waals surface area contributed by atoms with Crippen molar-refractivity contribution in [2.45, 2.75) is 66.7 Å². The van der Waals surface area contributed by atoms with Gasteiger partial charge in [-0.1, -0.05) is 41.5 Å². The van der Waals surface area contributed by atoms with Crippen molar-refractivity contribution in [3.05, 3.63) is 0 Å². The number of hydrogen-bond acceptors (Lipinski definition) is 1. The SMILES string of the molecule is C[SiH](C)O[SiH](CC(C)(C)C)CC(C)(C)C. The summed E-state index contributed by atoms with van der Waals surface area (Å²) in [4.78, 5) is 0. The molecule has 0 saturated carbocycles. The molecular formula is C12H30OSi2. The van der Waals surface area contributed by atoms with E-state index >= 15 is 0 Å². The Labute approximate surface area is 100 Å². The maximum absolute atomic E-state index is 6.28. The van der Waals surface area contributed by atoms with E-state index < -0.39 is 18.1 Å². The molecule has 0 aromatic heterocycles. The largest absolute Gasteiger partial charge is 0.460 e. The molecule has 0 aromatic carbocycles. The Bertz CT molecular complexity index is 161. The highest BCUT2D eigenvalue weighted by Crippen LogP contribution is 2.30. The van der Waals surface area contributed by atoms with Crippen molar-refractivity contribution in [3.8, 4) is 0 Å². The Morgan fingerprint density at radius 2 is 1.13 bits per heavy atom. The minimum absolute atomic E-state index is 0.436. The minimum atomic E-state index is -0.980. The average Bonchev–Trinajstić information content (AvgIpc) is 1.73. The van der Waals surface area contributed by atoms with Gasteiger partial charge < -0.3 is 4.12 Å². The van der Waals surface area contributed by atoms with Crippen LogP contribution >= 0.6 is 0 Å². The van der Waals surface area contributed by atoms with Crippen LogP contribution < -0.4 is 0 Å². The fraction of sp³-hybridized carbons (Fsp3) is 1.00. The molecule has 1 nitrogen and oxygen atoms in total. The van der Waals surface area contributed by atoms with Gasteiger partial charge in [-0.05, 0) is 36.0 Å². The van der Waals surface area contributed by atoms with Crippen molar-refractivity contribution in [1.82, 2.24) is 0 Å². The topological polar surface area (TPSA) is 9.23 Å². The van der Waals surface area contributed by atoms with E-state index in [2.05, 4.69) is 54.6 Å². The molecule has 0 bridgehead atoms. The van der Waals surface area contributed by atoms with Crippen molar-refractivity contribution >= 4 is 18.1 Å². The normalized spacial score (nSPS) is 14.0. The van der Waals surface area contributed by atoms with Gasteiger partial charge in [-0.3, -0.25) is 0 Å². The lowest BCUT2D eigenvalue weighted by Gasteiger charge is -2.31. The third-order valence-corrected chi connectivity index (χ3v) is 9.22. The third-order valence-electron chi connectivity index (χ3n) is 2.14. The predicted octanol–water partition coefficient (Wildman–Crippen LogP) is 3.80. The summed E-state index contributed by atoms with van der Waals surface area (Å²) in [6.45, 7) is 18.6. The molecule has 0 spiro atoms. The Hall–Kier alpha value is 0.394. The van der Waals surface area contributed by atoms with Gasteiger partial charge in [-0.2, -0.15) is 0 Å². The van der Waals surface area contributed by atoms with Crippen LogP contribution in [0.3, 0.4) is 0 Å². The Morgan fingerprint density at radius 1 is 0.800 bits per heavy atom. The fourth-order valence-corrected chi connectivity index (χ4v) is 8.64. The Balaban J connectivity index is 4.32. The second kappa shape index (κ2) is 5.64. The van der Waals surface area contributed by atoms with Gasteiger partial charge in [0.1, 0.15) is 0 Å². The van der Waals surface area contributed by atoms with Crippen LogP contribution in [0.5, 0.6) is 0 Å². The first kappa shape index (κ1) is 15.4. The van der Waals surface area contributed by atoms with Gasteiger partial charge in [-0.15, -0.1) is 0 Å². The first-order valence-electron chi connectivity index (χ1n) is 6.15. The van der Waals surface area contributed by atoms with Gasteiger partial charge in [0.25, 0.3) is 0 Å². The first-order chi connectivity index (χ1) is 6.49. The quantitative estimate of drug-likeness (QED) is 0.686.